The lowest BCUT2D eigenvalue weighted by Crippen LogP contribution is -2.15. The smallest absolute Gasteiger partial charge is 0.411 e. The van der Waals surface area contributed by atoms with Crippen molar-refractivity contribution in [1.29, 1.82) is 0 Å². The van der Waals surface area contributed by atoms with Crippen molar-refractivity contribution in [1.82, 2.24) is 0 Å². The molecule has 10 heteroatoms. The fourth-order valence-corrected chi connectivity index (χ4v) is 3.11. The SMILES string of the molecule is CCOC(=O)Nc1ccc(NS(=O)(=O)c2ccc(C)cc2)cc1[N+](=O)[O-]. The van der Waals surface area contributed by atoms with Crippen LogP contribution >= 0.6 is 0 Å². The normalized spacial score (nSPS) is 10.8. The van der Waals surface area contributed by atoms with Gasteiger partial charge in [0.1, 0.15) is 5.69 Å². The van der Waals surface area contributed by atoms with E-state index in [4.69, 9.17) is 0 Å². The molecule has 0 unspecified atom stereocenters. The number of hydrogen-bond acceptors (Lipinski definition) is 6. The fourth-order valence-electron chi connectivity index (χ4n) is 2.06. The van der Waals surface area contributed by atoms with Gasteiger partial charge in [0.2, 0.25) is 0 Å². The molecule has 9 nitrogen and oxygen atoms in total. The number of nitrogens with zero attached hydrogens (tertiary/aromatic N) is 1. The molecule has 0 saturated heterocycles. The van der Waals surface area contributed by atoms with E-state index < -0.39 is 26.7 Å². The lowest BCUT2D eigenvalue weighted by Gasteiger charge is -2.10. The van der Waals surface area contributed by atoms with Crippen molar-refractivity contribution in [2.24, 2.45) is 0 Å². The summed E-state index contributed by atoms with van der Waals surface area (Å²) in [5.74, 6) is 0. The molecule has 0 radical (unpaired) electrons. The zero-order valence-corrected chi connectivity index (χ0v) is 14.9. The Bertz CT molecular complexity index is 926. The monoisotopic (exact) mass is 379 g/mol. The second-order valence-corrected chi connectivity index (χ2v) is 6.94. The van der Waals surface area contributed by atoms with Crippen LogP contribution in [0, 0.1) is 17.0 Å². The maximum atomic E-state index is 12.4. The summed E-state index contributed by atoms with van der Waals surface area (Å²) in [6, 6.07) is 9.70. The molecular formula is C16H17N3O6S. The van der Waals surface area contributed by atoms with E-state index >= 15 is 0 Å². The first-order valence-corrected chi connectivity index (χ1v) is 9.03. The molecule has 0 heterocycles. The minimum Gasteiger partial charge on any atom is -0.450 e. The number of nitro groups is 1. The number of carbonyl (C=O) groups is 1. The highest BCUT2D eigenvalue weighted by Gasteiger charge is 2.20. The highest BCUT2D eigenvalue weighted by molar-refractivity contribution is 7.92. The molecule has 0 aliphatic rings. The van der Waals surface area contributed by atoms with E-state index in [-0.39, 0.29) is 22.9 Å². The molecule has 2 aromatic carbocycles. The van der Waals surface area contributed by atoms with E-state index in [0.717, 1.165) is 11.6 Å². The second-order valence-electron chi connectivity index (χ2n) is 5.25. The van der Waals surface area contributed by atoms with Crippen LogP contribution < -0.4 is 10.0 Å². The Morgan fingerprint density at radius 2 is 1.85 bits per heavy atom. The van der Waals surface area contributed by atoms with Gasteiger partial charge in [-0.15, -0.1) is 0 Å². The fraction of sp³-hybridized carbons (Fsp3) is 0.188. The number of amides is 1. The molecule has 2 N–H and O–H groups in total. The summed E-state index contributed by atoms with van der Waals surface area (Å²) in [5.41, 5.74) is 0.314. The molecule has 138 valence electrons. The lowest BCUT2D eigenvalue weighted by molar-refractivity contribution is -0.383. The Hall–Kier alpha value is -3.14. The molecule has 2 aromatic rings. The third kappa shape index (κ3) is 4.70. The third-order valence-electron chi connectivity index (χ3n) is 3.29. The minimum absolute atomic E-state index is 0.00770. The molecule has 0 spiro atoms. The Labute approximate surface area is 150 Å². The molecule has 0 bridgehead atoms. The average molecular weight is 379 g/mol. The Balaban J connectivity index is 2.30. The van der Waals surface area contributed by atoms with Crippen LogP contribution in [-0.4, -0.2) is 26.0 Å². The predicted octanol–water partition coefficient (Wildman–Crippen LogP) is 3.27. The average Bonchev–Trinajstić information content (AvgIpc) is 2.56. The summed E-state index contributed by atoms with van der Waals surface area (Å²) in [6.07, 6.45) is -0.844. The van der Waals surface area contributed by atoms with Crippen LogP contribution in [0.4, 0.5) is 21.9 Å². The van der Waals surface area contributed by atoms with Crippen molar-refractivity contribution >= 4 is 33.2 Å². The molecule has 0 aromatic heterocycles. The molecule has 1 amide bonds. The van der Waals surface area contributed by atoms with E-state index in [2.05, 4.69) is 14.8 Å². The van der Waals surface area contributed by atoms with Gasteiger partial charge in [-0.1, -0.05) is 17.7 Å². The molecule has 0 aliphatic carbocycles. The summed E-state index contributed by atoms with van der Waals surface area (Å²) < 4.78 is 31.7. The molecule has 0 saturated carbocycles. The molecule has 0 aliphatic heterocycles. The highest BCUT2D eigenvalue weighted by atomic mass is 32.2. The van der Waals surface area contributed by atoms with E-state index in [1.807, 2.05) is 6.92 Å². The van der Waals surface area contributed by atoms with Gasteiger partial charge in [0.15, 0.2) is 0 Å². The van der Waals surface area contributed by atoms with Gasteiger partial charge in [-0.2, -0.15) is 0 Å². The maximum Gasteiger partial charge on any atom is 0.411 e. The van der Waals surface area contributed by atoms with Gasteiger partial charge >= 0.3 is 6.09 Å². The van der Waals surface area contributed by atoms with Gasteiger partial charge in [-0.05, 0) is 38.1 Å². The predicted molar refractivity (Wildman–Crippen MR) is 95.7 cm³/mol. The van der Waals surface area contributed by atoms with Crippen molar-refractivity contribution in [3.63, 3.8) is 0 Å². The number of nitrogens with one attached hydrogen (secondary N) is 2. The van der Waals surface area contributed by atoms with Gasteiger partial charge in [0.05, 0.1) is 22.1 Å². The Morgan fingerprint density at radius 1 is 1.19 bits per heavy atom. The molecule has 0 atom stereocenters. The van der Waals surface area contributed by atoms with Crippen molar-refractivity contribution < 1.29 is 22.9 Å². The number of ether oxygens (including phenoxy) is 1. The zero-order valence-electron chi connectivity index (χ0n) is 14.1. The highest BCUT2D eigenvalue weighted by Crippen LogP contribution is 2.29. The Kier molecular flexibility index (Phi) is 5.78. The van der Waals surface area contributed by atoms with Crippen LogP contribution in [0.2, 0.25) is 0 Å². The van der Waals surface area contributed by atoms with Crippen LogP contribution in [0.3, 0.4) is 0 Å². The number of nitro benzene ring substituents is 1. The van der Waals surface area contributed by atoms with Gasteiger partial charge in [0.25, 0.3) is 15.7 Å². The Morgan fingerprint density at radius 3 is 2.42 bits per heavy atom. The first kappa shape index (κ1) is 19.2. The molecular weight excluding hydrogens is 362 g/mol. The van der Waals surface area contributed by atoms with Crippen LogP contribution in [0.5, 0.6) is 0 Å². The van der Waals surface area contributed by atoms with Crippen LogP contribution in [-0.2, 0) is 14.8 Å². The summed E-state index contributed by atoms with van der Waals surface area (Å²) in [5, 5.41) is 13.5. The minimum atomic E-state index is -3.90. The lowest BCUT2D eigenvalue weighted by atomic mass is 10.2. The van der Waals surface area contributed by atoms with Crippen molar-refractivity contribution in [3.8, 4) is 0 Å². The summed E-state index contributed by atoms with van der Waals surface area (Å²) >= 11 is 0. The summed E-state index contributed by atoms with van der Waals surface area (Å²) in [4.78, 5) is 22.0. The van der Waals surface area contributed by atoms with E-state index in [0.29, 0.717) is 0 Å². The van der Waals surface area contributed by atoms with Crippen molar-refractivity contribution in [2.75, 3.05) is 16.6 Å². The topological polar surface area (TPSA) is 128 Å². The number of carbonyl (C=O) groups excluding carboxylic acids is 1. The van der Waals surface area contributed by atoms with Gasteiger partial charge in [0, 0.05) is 6.07 Å². The first-order chi connectivity index (χ1) is 12.2. The van der Waals surface area contributed by atoms with Gasteiger partial charge < -0.3 is 4.74 Å². The number of hydrogen-bond donors (Lipinski definition) is 2. The quantitative estimate of drug-likeness (QED) is 0.585. The largest absolute Gasteiger partial charge is 0.450 e. The maximum absolute atomic E-state index is 12.4. The van der Waals surface area contributed by atoms with E-state index in [1.165, 1.54) is 24.3 Å². The first-order valence-electron chi connectivity index (χ1n) is 7.54. The summed E-state index contributed by atoms with van der Waals surface area (Å²) in [6.45, 7) is 3.52. The number of anilines is 2. The van der Waals surface area contributed by atoms with Crippen LogP contribution in [0.1, 0.15) is 12.5 Å². The second kappa shape index (κ2) is 7.83. The summed E-state index contributed by atoms with van der Waals surface area (Å²) in [7, 11) is -3.90. The molecule has 0 fully saturated rings. The van der Waals surface area contributed by atoms with E-state index in [9.17, 15) is 23.3 Å². The standard InChI is InChI=1S/C16H17N3O6S/c1-3-25-16(20)17-14-9-6-12(10-15(14)19(21)22)18-26(23,24)13-7-4-11(2)5-8-13/h4-10,18H,3H2,1-2H3,(H,17,20). The third-order valence-corrected chi connectivity index (χ3v) is 4.69. The number of rotatable bonds is 6. The van der Waals surface area contributed by atoms with Crippen molar-refractivity contribution in [3.05, 3.63) is 58.1 Å². The molecule has 26 heavy (non-hydrogen) atoms. The van der Waals surface area contributed by atoms with Crippen molar-refractivity contribution in [2.45, 2.75) is 18.7 Å². The van der Waals surface area contributed by atoms with Gasteiger partial charge in [-0.3, -0.25) is 20.2 Å². The number of aryl methyl sites for hydroxylation is 1. The van der Waals surface area contributed by atoms with Crippen LogP contribution in [0.25, 0.3) is 0 Å². The number of benzene rings is 2. The van der Waals surface area contributed by atoms with E-state index in [1.54, 1.807) is 19.1 Å². The zero-order chi connectivity index (χ0) is 19.3. The van der Waals surface area contributed by atoms with Gasteiger partial charge in [-0.25, -0.2) is 13.2 Å². The molecule has 2 rings (SSSR count). The van der Waals surface area contributed by atoms with Crippen LogP contribution in [0.15, 0.2) is 47.4 Å². The number of sulfonamides is 1.